The number of amides is 2. The third-order valence-corrected chi connectivity index (χ3v) is 4.53. The minimum Gasteiger partial charge on any atom is -0.504 e. The van der Waals surface area contributed by atoms with Crippen molar-refractivity contribution in [3.8, 4) is 11.5 Å². The van der Waals surface area contributed by atoms with Gasteiger partial charge in [-0.25, -0.2) is 0 Å². The van der Waals surface area contributed by atoms with Gasteiger partial charge in [0.2, 0.25) is 5.91 Å². The van der Waals surface area contributed by atoms with Crippen molar-refractivity contribution in [1.82, 2.24) is 5.32 Å². The summed E-state index contributed by atoms with van der Waals surface area (Å²) < 4.78 is 5.00. The summed E-state index contributed by atoms with van der Waals surface area (Å²) in [6, 6.07) is 11.8. The second-order valence-electron chi connectivity index (χ2n) is 6.58. The van der Waals surface area contributed by atoms with Gasteiger partial charge in [-0.1, -0.05) is 19.1 Å². The molecule has 0 spiro atoms. The molecule has 0 heterocycles. The highest BCUT2D eigenvalue weighted by Gasteiger charge is 2.39. The number of rotatable bonds is 6. The van der Waals surface area contributed by atoms with Crippen LogP contribution in [0.15, 0.2) is 42.5 Å². The quantitative estimate of drug-likeness (QED) is 0.744. The van der Waals surface area contributed by atoms with Gasteiger partial charge >= 0.3 is 0 Å². The highest BCUT2D eigenvalue weighted by Crippen LogP contribution is 2.38. The lowest BCUT2D eigenvalue weighted by Crippen LogP contribution is -2.23. The van der Waals surface area contributed by atoms with E-state index in [1.54, 1.807) is 42.5 Å². The van der Waals surface area contributed by atoms with Gasteiger partial charge in [0.15, 0.2) is 11.5 Å². The predicted octanol–water partition coefficient (Wildman–Crippen LogP) is 2.93. The van der Waals surface area contributed by atoms with Crippen molar-refractivity contribution in [3.05, 3.63) is 53.6 Å². The van der Waals surface area contributed by atoms with Crippen LogP contribution in [0.5, 0.6) is 11.5 Å². The first kappa shape index (κ1) is 17.8. The second-order valence-corrected chi connectivity index (χ2v) is 6.58. The van der Waals surface area contributed by atoms with Gasteiger partial charge in [-0.05, 0) is 48.2 Å². The van der Waals surface area contributed by atoms with Crippen LogP contribution in [0, 0.1) is 11.8 Å². The molecule has 2 atom stereocenters. The number of hydrogen-bond acceptors (Lipinski definition) is 4. The molecule has 0 bridgehead atoms. The van der Waals surface area contributed by atoms with Crippen LogP contribution in [0.2, 0.25) is 0 Å². The Labute approximate surface area is 152 Å². The molecule has 3 N–H and O–H groups in total. The summed E-state index contributed by atoms with van der Waals surface area (Å²) in [5.74, 6) is 0.671. The molecule has 2 aromatic carbocycles. The summed E-state index contributed by atoms with van der Waals surface area (Å²) in [7, 11) is 1.48. The van der Waals surface area contributed by atoms with Crippen molar-refractivity contribution in [2.75, 3.05) is 12.4 Å². The molecule has 0 aromatic heterocycles. The molecule has 1 fully saturated rings. The van der Waals surface area contributed by atoms with E-state index >= 15 is 0 Å². The average molecular weight is 354 g/mol. The molecule has 1 aliphatic rings. The topological polar surface area (TPSA) is 87.7 Å². The maximum Gasteiger partial charge on any atom is 0.251 e. The molecular formula is C20H22N2O4. The Morgan fingerprint density at radius 3 is 2.65 bits per heavy atom. The summed E-state index contributed by atoms with van der Waals surface area (Å²) in [5.41, 5.74) is 1.83. The molecule has 6 heteroatoms. The van der Waals surface area contributed by atoms with Crippen molar-refractivity contribution >= 4 is 17.5 Å². The van der Waals surface area contributed by atoms with Gasteiger partial charge in [-0.3, -0.25) is 9.59 Å². The average Bonchev–Trinajstić information content (AvgIpc) is 3.37. The van der Waals surface area contributed by atoms with Gasteiger partial charge in [-0.2, -0.15) is 0 Å². The molecule has 2 amide bonds. The van der Waals surface area contributed by atoms with Crippen LogP contribution in [0.25, 0.3) is 0 Å². The fourth-order valence-corrected chi connectivity index (χ4v) is 2.79. The minimum absolute atomic E-state index is 0.00349. The molecule has 3 rings (SSSR count). The number of phenols is 1. The van der Waals surface area contributed by atoms with Crippen LogP contribution in [-0.2, 0) is 11.3 Å². The van der Waals surface area contributed by atoms with Crippen molar-refractivity contribution in [3.63, 3.8) is 0 Å². The van der Waals surface area contributed by atoms with Gasteiger partial charge in [0.05, 0.1) is 7.11 Å². The third-order valence-electron chi connectivity index (χ3n) is 4.53. The van der Waals surface area contributed by atoms with E-state index in [2.05, 4.69) is 10.6 Å². The van der Waals surface area contributed by atoms with Crippen LogP contribution in [-0.4, -0.2) is 24.0 Å². The largest absolute Gasteiger partial charge is 0.504 e. The lowest BCUT2D eigenvalue weighted by molar-refractivity contribution is -0.117. The Morgan fingerprint density at radius 2 is 2.00 bits per heavy atom. The molecule has 1 aliphatic carbocycles. The number of anilines is 1. The number of methoxy groups -OCH3 is 1. The van der Waals surface area contributed by atoms with Crippen LogP contribution in [0.3, 0.4) is 0 Å². The first-order chi connectivity index (χ1) is 12.5. The van der Waals surface area contributed by atoms with E-state index in [0.717, 1.165) is 12.0 Å². The smallest absolute Gasteiger partial charge is 0.251 e. The molecule has 2 aromatic rings. The summed E-state index contributed by atoms with van der Waals surface area (Å²) in [6.07, 6.45) is 0.917. The van der Waals surface area contributed by atoms with Gasteiger partial charge in [-0.15, -0.1) is 0 Å². The number of hydrogen-bond donors (Lipinski definition) is 3. The normalized spacial score (nSPS) is 18.1. The summed E-state index contributed by atoms with van der Waals surface area (Å²) in [5, 5.41) is 15.4. The Kier molecular flexibility index (Phi) is 5.11. The summed E-state index contributed by atoms with van der Waals surface area (Å²) in [4.78, 5) is 24.4. The number of phenolic OH excluding ortho intramolecular Hbond substituents is 1. The van der Waals surface area contributed by atoms with Crippen LogP contribution >= 0.6 is 0 Å². The maximum atomic E-state index is 12.4. The van der Waals surface area contributed by atoms with E-state index in [-0.39, 0.29) is 30.0 Å². The van der Waals surface area contributed by atoms with Crippen molar-refractivity contribution < 1.29 is 19.4 Å². The van der Waals surface area contributed by atoms with Crippen LogP contribution in [0.4, 0.5) is 5.69 Å². The van der Waals surface area contributed by atoms with E-state index in [1.807, 2.05) is 6.92 Å². The molecule has 1 saturated carbocycles. The molecule has 26 heavy (non-hydrogen) atoms. The van der Waals surface area contributed by atoms with E-state index in [9.17, 15) is 14.7 Å². The zero-order chi connectivity index (χ0) is 18.7. The van der Waals surface area contributed by atoms with Crippen molar-refractivity contribution in [2.45, 2.75) is 19.9 Å². The molecule has 0 radical (unpaired) electrons. The third kappa shape index (κ3) is 4.14. The standard InChI is InChI=1S/C20H22N2O4/c1-12-8-16(12)20(25)22-15-5-3-4-14(10-15)19(24)21-11-13-6-7-18(26-2)17(23)9-13/h3-7,9-10,12,16,23H,8,11H2,1-2H3,(H,21,24)(H,22,25). The predicted molar refractivity (Wildman–Crippen MR) is 98.2 cm³/mol. The zero-order valence-corrected chi connectivity index (χ0v) is 14.8. The SMILES string of the molecule is COc1ccc(CNC(=O)c2cccc(NC(=O)C3CC3C)c2)cc1O. The fourth-order valence-electron chi connectivity index (χ4n) is 2.79. The second kappa shape index (κ2) is 7.47. The number of ether oxygens (including phenoxy) is 1. The zero-order valence-electron chi connectivity index (χ0n) is 14.8. The number of nitrogens with one attached hydrogen (secondary N) is 2. The molecule has 0 saturated heterocycles. The van der Waals surface area contributed by atoms with Gasteiger partial charge in [0.25, 0.3) is 5.91 Å². The van der Waals surface area contributed by atoms with E-state index in [1.165, 1.54) is 7.11 Å². The Bertz CT molecular complexity index is 834. The minimum atomic E-state index is -0.254. The van der Waals surface area contributed by atoms with Crippen LogP contribution < -0.4 is 15.4 Å². The molecule has 6 nitrogen and oxygen atoms in total. The number of aromatic hydroxyl groups is 1. The molecule has 136 valence electrons. The Hall–Kier alpha value is -3.02. The van der Waals surface area contributed by atoms with Gasteiger partial charge in [0, 0.05) is 23.7 Å². The number of carbonyl (C=O) groups is 2. The highest BCUT2D eigenvalue weighted by molar-refractivity contribution is 5.98. The van der Waals surface area contributed by atoms with Gasteiger partial charge in [0.1, 0.15) is 0 Å². The Morgan fingerprint density at radius 1 is 1.23 bits per heavy atom. The lowest BCUT2D eigenvalue weighted by atomic mass is 10.1. The highest BCUT2D eigenvalue weighted by atomic mass is 16.5. The van der Waals surface area contributed by atoms with Crippen molar-refractivity contribution in [2.24, 2.45) is 11.8 Å². The summed E-state index contributed by atoms with van der Waals surface area (Å²) in [6.45, 7) is 2.32. The maximum absolute atomic E-state index is 12.4. The molecule has 0 aliphatic heterocycles. The van der Waals surface area contributed by atoms with E-state index in [0.29, 0.717) is 22.9 Å². The molecular weight excluding hydrogens is 332 g/mol. The first-order valence-corrected chi connectivity index (χ1v) is 8.53. The van der Waals surface area contributed by atoms with Crippen LogP contribution in [0.1, 0.15) is 29.3 Å². The van der Waals surface area contributed by atoms with Crippen molar-refractivity contribution in [1.29, 1.82) is 0 Å². The molecule has 2 unspecified atom stereocenters. The fraction of sp³-hybridized carbons (Fsp3) is 0.300. The first-order valence-electron chi connectivity index (χ1n) is 8.53. The van der Waals surface area contributed by atoms with E-state index in [4.69, 9.17) is 4.74 Å². The Balaban J connectivity index is 1.60. The van der Waals surface area contributed by atoms with Gasteiger partial charge < -0.3 is 20.5 Å². The number of carbonyl (C=O) groups excluding carboxylic acids is 2. The van der Waals surface area contributed by atoms with E-state index < -0.39 is 0 Å². The monoisotopic (exact) mass is 354 g/mol. The number of benzene rings is 2. The summed E-state index contributed by atoms with van der Waals surface area (Å²) >= 11 is 0. The lowest BCUT2D eigenvalue weighted by Gasteiger charge is -2.09.